The van der Waals surface area contributed by atoms with E-state index in [9.17, 15) is 27.2 Å². The van der Waals surface area contributed by atoms with Crippen LogP contribution in [0.25, 0.3) is 16.7 Å². The Morgan fingerprint density at radius 3 is 2.56 bits per heavy atom. The van der Waals surface area contributed by atoms with Crippen molar-refractivity contribution in [2.45, 2.75) is 6.18 Å². The van der Waals surface area contributed by atoms with Crippen molar-refractivity contribution >= 4 is 34.2 Å². The van der Waals surface area contributed by atoms with Gasteiger partial charge < -0.3 is 14.6 Å². The van der Waals surface area contributed by atoms with Gasteiger partial charge in [0.05, 0.1) is 21.7 Å². The number of fused-ring (bicyclic) bond motifs is 1. The summed E-state index contributed by atoms with van der Waals surface area (Å²) in [6.07, 6.45) is -0.307. The third-order valence-corrected chi connectivity index (χ3v) is 6.01. The van der Waals surface area contributed by atoms with Crippen LogP contribution in [0, 0.1) is 5.82 Å². The molecular weight excluding hydrogens is 542 g/mol. The second kappa shape index (κ2) is 9.87. The van der Waals surface area contributed by atoms with Crippen LogP contribution in [0.1, 0.15) is 16.1 Å². The van der Waals surface area contributed by atoms with E-state index in [0.29, 0.717) is 16.8 Å². The summed E-state index contributed by atoms with van der Waals surface area (Å²) in [6.45, 7) is 0. The fraction of sp³-hybridized carbons (Fsp3) is 0.0769. The summed E-state index contributed by atoms with van der Waals surface area (Å²) in [6, 6.07) is 11.0. The highest BCUT2D eigenvalue weighted by atomic mass is 35.5. The summed E-state index contributed by atoms with van der Waals surface area (Å²) in [5.41, 5.74) is -1.97. The monoisotopic (exact) mass is 557 g/mol. The highest BCUT2D eigenvalue weighted by Gasteiger charge is 2.33. The van der Waals surface area contributed by atoms with E-state index in [1.54, 1.807) is 22.9 Å². The zero-order valence-electron chi connectivity index (χ0n) is 19.8. The van der Waals surface area contributed by atoms with E-state index in [1.165, 1.54) is 24.4 Å². The van der Waals surface area contributed by atoms with E-state index in [2.05, 4.69) is 15.4 Å². The minimum atomic E-state index is -4.73. The Balaban J connectivity index is 1.38. The van der Waals surface area contributed by atoms with Crippen molar-refractivity contribution < 1.29 is 27.1 Å². The predicted octanol–water partition coefficient (Wildman–Crippen LogP) is 5.98. The molecule has 0 spiro atoms. The minimum Gasteiger partial charge on any atom is -0.453 e. The number of anilines is 1. The van der Waals surface area contributed by atoms with Gasteiger partial charge in [-0.25, -0.2) is 14.1 Å². The van der Waals surface area contributed by atoms with Gasteiger partial charge in [-0.1, -0.05) is 11.6 Å². The third-order valence-electron chi connectivity index (χ3n) is 5.68. The molecule has 0 saturated carbocycles. The molecule has 2 aromatic carbocycles. The number of pyridine rings is 1. The van der Waals surface area contributed by atoms with Gasteiger partial charge in [0.25, 0.3) is 5.91 Å². The van der Waals surface area contributed by atoms with Crippen molar-refractivity contribution in [1.29, 1.82) is 0 Å². The molecule has 0 aliphatic rings. The number of alkyl halides is 3. The highest BCUT2D eigenvalue weighted by molar-refractivity contribution is 6.31. The molecule has 0 bridgehead atoms. The van der Waals surface area contributed by atoms with Crippen LogP contribution in [0.2, 0.25) is 5.02 Å². The van der Waals surface area contributed by atoms with Crippen LogP contribution >= 0.6 is 11.6 Å². The number of rotatable bonds is 5. The Hall–Kier alpha value is -4.71. The van der Waals surface area contributed by atoms with Gasteiger partial charge in [0, 0.05) is 43.5 Å². The first kappa shape index (κ1) is 25.9. The van der Waals surface area contributed by atoms with Crippen molar-refractivity contribution in [2.75, 3.05) is 5.32 Å². The van der Waals surface area contributed by atoms with Gasteiger partial charge in [-0.05, 0) is 42.5 Å². The molecule has 39 heavy (non-hydrogen) atoms. The van der Waals surface area contributed by atoms with E-state index >= 15 is 0 Å². The van der Waals surface area contributed by atoms with Crippen LogP contribution in [0.15, 0.2) is 78.0 Å². The van der Waals surface area contributed by atoms with Crippen LogP contribution < -0.4 is 15.5 Å². The Morgan fingerprint density at radius 2 is 1.82 bits per heavy atom. The van der Waals surface area contributed by atoms with E-state index in [4.69, 9.17) is 16.3 Å². The lowest BCUT2D eigenvalue weighted by molar-refractivity contribution is -0.137. The first-order valence-corrected chi connectivity index (χ1v) is 11.5. The minimum absolute atomic E-state index is 0.00751. The smallest absolute Gasteiger partial charge is 0.417 e. The molecular formula is C26H16ClF4N5O3. The molecule has 13 heteroatoms. The number of benzene rings is 2. The number of nitrogens with one attached hydrogen (secondary N) is 1. The number of ether oxygens (including phenoxy) is 1. The van der Waals surface area contributed by atoms with E-state index in [0.717, 1.165) is 35.1 Å². The van der Waals surface area contributed by atoms with Crippen molar-refractivity contribution in [3.63, 3.8) is 0 Å². The number of halogens is 5. The summed E-state index contributed by atoms with van der Waals surface area (Å²) in [5.74, 6) is -1.53. The molecule has 3 aromatic heterocycles. The molecule has 0 unspecified atom stereocenters. The molecule has 1 N–H and O–H groups in total. The molecule has 0 saturated heterocycles. The van der Waals surface area contributed by atoms with Gasteiger partial charge in [0.15, 0.2) is 17.3 Å². The number of aromatic nitrogens is 4. The summed E-state index contributed by atoms with van der Waals surface area (Å²) in [4.78, 5) is 29.3. The number of carbonyl (C=O) groups is 1. The van der Waals surface area contributed by atoms with Crippen molar-refractivity contribution in [2.24, 2.45) is 7.05 Å². The van der Waals surface area contributed by atoms with Crippen LogP contribution in [0.5, 0.6) is 11.5 Å². The summed E-state index contributed by atoms with van der Waals surface area (Å²) in [5, 5.41) is 6.39. The molecule has 0 atom stereocenters. The molecule has 0 radical (unpaired) electrons. The molecule has 0 aliphatic heterocycles. The third kappa shape index (κ3) is 5.18. The SMILES string of the molecule is Cn1ccc2c(Oc3ccc(NC(=O)c4nn(-c5ccc(Cl)c(C(F)(F)F)c5)ccc4=O)cc3F)ccnc21. The Kier molecular flexibility index (Phi) is 6.56. The molecule has 0 aliphatic carbocycles. The number of nitrogens with zero attached hydrogens (tertiary/aromatic N) is 4. The summed E-state index contributed by atoms with van der Waals surface area (Å²) >= 11 is 5.65. The fourth-order valence-corrected chi connectivity index (χ4v) is 4.01. The van der Waals surface area contributed by atoms with Crippen LogP contribution in [-0.2, 0) is 13.2 Å². The lowest BCUT2D eigenvalue weighted by Crippen LogP contribution is -2.25. The van der Waals surface area contributed by atoms with Crippen molar-refractivity contribution in [3.05, 3.63) is 106 Å². The Bertz CT molecular complexity index is 1800. The lowest BCUT2D eigenvalue weighted by Gasteiger charge is -2.13. The van der Waals surface area contributed by atoms with Crippen LogP contribution in [0.3, 0.4) is 0 Å². The average Bonchev–Trinajstić information content (AvgIpc) is 3.27. The molecule has 0 fully saturated rings. The van der Waals surface area contributed by atoms with Crippen molar-refractivity contribution in [1.82, 2.24) is 19.3 Å². The highest BCUT2D eigenvalue weighted by Crippen LogP contribution is 2.36. The topological polar surface area (TPSA) is 91.0 Å². The summed E-state index contributed by atoms with van der Waals surface area (Å²) in [7, 11) is 1.81. The molecule has 3 heterocycles. The van der Waals surface area contributed by atoms with Gasteiger partial charge in [-0.2, -0.15) is 18.3 Å². The first-order valence-electron chi connectivity index (χ1n) is 11.2. The second-order valence-corrected chi connectivity index (χ2v) is 8.72. The summed E-state index contributed by atoms with van der Waals surface area (Å²) < 4.78 is 63.0. The maximum Gasteiger partial charge on any atom is 0.417 e. The normalized spacial score (nSPS) is 11.5. The molecule has 198 valence electrons. The number of amides is 1. The predicted molar refractivity (Wildman–Crippen MR) is 135 cm³/mol. The van der Waals surface area contributed by atoms with E-state index in [1.807, 2.05) is 7.05 Å². The van der Waals surface area contributed by atoms with Crippen LogP contribution in [-0.4, -0.2) is 25.2 Å². The number of carbonyl (C=O) groups excluding carboxylic acids is 1. The van der Waals surface area contributed by atoms with Gasteiger partial charge in [-0.3, -0.25) is 9.59 Å². The standard InChI is InChI=1S/C26H16ClF4N5O3/c1-35-10-7-16-21(6-9-32-24(16)35)39-22-5-2-14(12-19(22)28)33-25(38)23-20(37)8-11-36(34-23)15-3-4-18(27)17(13-15)26(29,30)31/h2-13H,1H3,(H,33,38). The molecule has 5 aromatic rings. The molecule has 5 rings (SSSR count). The van der Waals surface area contributed by atoms with Crippen LogP contribution in [0.4, 0.5) is 23.2 Å². The van der Waals surface area contributed by atoms with E-state index in [-0.39, 0.29) is 17.1 Å². The molecule has 8 nitrogen and oxygen atoms in total. The number of hydrogen-bond donors (Lipinski definition) is 1. The van der Waals surface area contributed by atoms with Gasteiger partial charge in [-0.15, -0.1) is 0 Å². The number of aryl methyl sites for hydroxylation is 1. The zero-order valence-corrected chi connectivity index (χ0v) is 20.6. The quantitative estimate of drug-likeness (QED) is 0.269. The zero-order chi connectivity index (χ0) is 27.9. The average molecular weight is 558 g/mol. The maximum atomic E-state index is 14.8. The lowest BCUT2D eigenvalue weighted by atomic mass is 10.2. The first-order chi connectivity index (χ1) is 18.5. The van der Waals surface area contributed by atoms with Gasteiger partial charge in [0.1, 0.15) is 11.4 Å². The van der Waals surface area contributed by atoms with Gasteiger partial charge >= 0.3 is 6.18 Å². The number of hydrogen-bond acceptors (Lipinski definition) is 5. The van der Waals surface area contributed by atoms with Crippen molar-refractivity contribution in [3.8, 4) is 17.2 Å². The Morgan fingerprint density at radius 1 is 1.03 bits per heavy atom. The van der Waals surface area contributed by atoms with Gasteiger partial charge in [0.2, 0.25) is 5.43 Å². The fourth-order valence-electron chi connectivity index (χ4n) is 3.78. The second-order valence-electron chi connectivity index (χ2n) is 8.31. The molecule has 1 amide bonds. The maximum absolute atomic E-state index is 14.8. The Labute approximate surface area is 222 Å². The largest absolute Gasteiger partial charge is 0.453 e. The van der Waals surface area contributed by atoms with E-state index < -0.39 is 39.6 Å².